The van der Waals surface area contributed by atoms with Crippen LogP contribution in [0.4, 0.5) is 0 Å². The number of furan rings is 1. The highest BCUT2D eigenvalue weighted by Gasteiger charge is 2.46. The van der Waals surface area contributed by atoms with Gasteiger partial charge in [-0.1, -0.05) is 0 Å². The van der Waals surface area contributed by atoms with Gasteiger partial charge < -0.3 is 34.0 Å². The molecule has 3 heterocycles. The van der Waals surface area contributed by atoms with Gasteiger partial charge in [0.2, 0.25) is 0 Å². The van der Waals surface area contributed by atoms with Crippen molar-refractivity contribution in [2.24, 2.45) is 0 Å². The molecule has 0 bridgehead atoms. The van der Waals surface area contributed by atoms with Gasteiger partial charge in [-0.2, -0.15) is 4.31 Å². The molecule has 30 heavy (non-hydrogen) atoms. The van der Waals surface area contributed by atoms with Crippen molar-refractivity contribution in [2.45, 2.75) is 24.5 Å². The largest absolute Gasteiger partial charge is 0.481 e. The van der Waals surface area contributed by atoms with Crippen molar-refractivity contribution in [1.82, 2.24) is 9.55 Å². The summed E-state index contributed by atoms with van der Waals surface area (Å²) >= 11 is 0. The molecule has 0 spiro atoms. The second-order valence-corrected chi connectivity index (χ2v) is 8.90. The fraction of sp³-hybridized carbons (Fsp3) is 0.385. The molecule has 0 aromatic carbocycles. The van der Waals surface area contributed by atoms with Gasteiger partial charge in [0, 0.05) is 6.20 Å². The van der Waals surface area contributed by atoms with Crippen LogP contribution in [0, 0.1) is 0 Å². The molecule has 1 unspecified atom stereocenters. The van der Waals surface area contributed by atoms with Gasteiger partial charge in [-0.3, -0.25) is 18.9 Å². The standard InChI is InChI=1S/C13H16N2O13P2/c16-9-8(5-26-30(23,24)28-29(20,21)22)27-12(10(9)17)15-4-6(7-2-1-3-25-7)11(18)14-13(15)19/h1-4,8-10,12,16-17H,5H2,(H,23,24)(H,14,18,19)(H2,20,21,22)/t8-,9-,10-,12-/m1/s1. The molecule has 1 aliphatic heterocycles. The number of nitrogens with zero attached hydrogens (tertiary/aromatic N) is 1. The molecule has 5 atom stereocenters. The Hall–Kier alpha value is -1.90. The molecule has 0 amide bonds. The Labute approximate surface area is 165 Å². The molecule has 2 aromatic rings. The molecule has 6 N–H and O–H groups in total. The highest BCUT2D eigenvalue weighted by molar-refractivity contribution is 7.60. The van der Waals surface area contributed by atoms with Crippen molar-refractivity contribution in [1.29, 1.82) is 0 Å². The Morgan fingerprint density at radius 3 is 2.47 bits per heavy atom. The number of phosphoric ester groups is 1. The van der Waals surface area contributed by atoms with Crippen LogP contribution in [-0.2, 0) is 22.7 Å². The Bertz CT molecular complexity index is 1100. The third-order valence-corrected chi connectivity index (χ3v) is 6.13. The third kappa shape index (κ3) is 5.04. The van der Waals surface area contributed by atoms with E-state index >= 15 is 0 Å². The summed E-state index contributed by atoms with van der Waals surface area (Å²) in [5.74, 6) is 0.105. The lowest BCUT2D eigenvalue weighted by Gasteiger charge is -2.18. The Morgan fingerprint density at radius 1 is 1.17 bits per heavy atom. The Balaban J connectivity index is 1.81. The zero-order valence-corrected chi connectivity index (χ0v) is 16.5. The lowest BCUT2D eigenvalue weighted by molar-refractivity contribution is -0.0541. The van der Waals surface area contributed by atoms with Gasteiger partial charge in [0.1, 0.15) is 24.1 Å². The number of aromatic nitrogens is 2. The zero-order chi connectivity index (χ0) is 22.3. The molecule has 15 nitrogen and oxygen atoms in total. The van der Waals surface area contributed by atoms with Gasteiger partial charge in [-0.05, 0) is 12.1 Å². The minimum atomic E-state index is -5.36. The van der Waals surface area contributed by atoms with Crippen molar-refractivity contribution in [3.63, 3.8) is 0 Å². The summed E-state index contributed by atoms with van der Waals surface area (Å²) in [4.78, 5) is 52.6. The maximum atomic E-state index is 12.2. The van der Waals surface area contributed by atoms with E-state index in [9.17, 15) is 33.8 Å². The predicted molar refractivity (Wildman–Crippen MR) is 93.9 cm³/mol. The fourth-order valence-electron chi connectivity index (χ4n) is 2.70. The van der Waals surface area contributed by atoms with Crippen LogP contribution in [0.5, 0.6) is 0 Å². The highest BCUT2D eigenvalue weighted by Crippen LogP contribution is 2.57. The Morgan fingerprint density at radius 2 is 1.87 bits per heavy atom. The van der Waals surface area contributed by atoms with Crippen LogP contribution in [0.3, 0.4) is 0 Å². The van der Waals surface area contributed by atoms with Crippen LogP contribution in [0.15, 0.2) is 38.6 Å². The van der Waals surface area contributed by atoms with E-state index in [1.165, 1.54) is 18.4 Å². The smallest absolute Gasteiger partial charge is 0.464 e. The fourth-order valence-corrected chi connectivity index (χ4v) is 4.30. The maximum Gasteiger partial charge on any atom is 0.481 e. The summed E-state index contributed by atoms with van der Waals surface area (Å²) in [6, 6.07) is 2.94. The first kappa shape index (κ1) is 22.8. The SMILES string of the molecule is O=c1[nH]c(=O)n([C@@H]2O[C@H](COP(=O)(O)OP(=O)(O)O)[C@@H](O)[C@H]2O)cc1-c1ccco1. The molecule has 3 rings (SSSR count). The summed E-state index contributed by atoms with van der Waals surface area (Å²) < 4.78 is 41.3. The average Bonchev–Trinajstić information content (AvgIpc) is 3.22. The van der Waals surface area contributed by atoms with Crippen molar-refractivity contribution >= 4 is 15.6 Å². The number of H-pyrrole nitrogens is 1. The number of ether oxygens (including phenoxy) is 1. The normalized spacial score (nSPS) is 26.6. The monoisotopic (exact) mass is 470 g/mol. The summed E-state index contributed by atoms with van der Waals surface area (Å²) in [6.07, 6.45) is -4.22. The summed E-state index contributed by atoms with van der Waals surface area (Å²) in [5, 5.41) is 20.3. The lowest BCUT2D eigenvalue weighted by atomic mass is 10.1. The van der Waals surface area contributed by atoms with Gasteiger partial charge in [0.05, 0.1) is 18.4 Å². The van der Waals surface area contributed by atoms with E-state index in [4.69, 9.17) is 18.9 Å². The highest BCUT2D eigenvalue weighted by atomic mass is 31.3. The van der Waals surface area contributed by atoms with E-state index in [2.05, 4.69) is 8.83 Å². The number of rotatable bonds is 7. The number of nitrogens with one attached hydrogen (secondary N) is 1. The molecule has 2 aromatic heterocycles. The minimum absolute atomic E-state index is 0.0838. The molecule has 0 aliphatic carbocycles. The lowest BCUT2D eigenvalue weighted by Crippen LogP contribution is -2.38. The summed E-state index contributed by atoms with van der Waals surface area (Å²) in [7, 11) is -10.6. The molecule has 17 heteroatoms. The minimum Gasteiger partial charge on any atom is -0.464 e. The molecular formula is C13H16N2O13P2. The van der Waals surface area contributed by atoms with Gasteiger partial charge in [-0.15, -0.1) is 0 Å². The topological polar surface area (TPSA) is 231 Å². The van der Waals surface area contributed by atoms with Crippen LogP contribution >= 0.6 is 15.6 Å². The van der Waals surface area contributed by atoms with Gasteiger partial charge >= 0.3 is 21.3 Å². The molecule has 1 fully saturated rings. The van der Waals surface area contributed by atoms with E-state index in [0.717, 1.165) is 10.8 Å². The van der Waals surface area contributed by atoms with E-state index in [0.29, 0.717) is 0 Å². The Kier molecular flexibility index (Phi) is 6.32. The van der Waals surface area contributed by atoms with E-state index < -0.39 is 58.0 Å². The molecule has 0 saturated carbocycles. The van der Waals surface area contributed by atoms with Crippen molar-refractivity contribution in [3.8, 4) is 11.3 Å². The number of aromatic amines is 1. The van der Waals surface area contributed by atoms with Crippen LogP contribution in [0.2, 0.25) is 0 Å². The number of hydrogen-bond acceptors (Lipinski definition) is 10. The number of aliphatic hydroxyl groups is 2. The first-order valence-corrected chi connectivity index (χ1v) is 11.1. The molecular weight excluding hydrogens is 454 g/mol. The number of hydrogen-bond donors (Lipinski definition) is 6. The van der Waals surface area contributed by atoms with Gasteiger partial charge in [0.15, 0.2) is 6.23 Å². The molecule has 0 radical (unpaired) electrons. The van der Waals surface area contributed by atoms with Crippen LogP contribution in [0.25, 0.3) is 11.3 Å². The van der Waals surface area contributed by atoms with Crippen molar-refractivity contribution in [3.05, 3.63) is 45.4 Å². The number of phosphoric acid groups is 2. The van der Waals surface area contributed by atoms with Crippen molar-refractivity contribution < 1.29 is 52.0 Å². The van der Waals surface area contributed by atoms with Gasteiger partial charge in [-0.25, -0.2) is 13.9 Å². The number of aliphatic hydroxyl groups excluding tert-OH is 2. The van der Waals surface area contributed by atoms with Crippen LogP contribution < -0.4 is 11.2 Å². The molecule has 1 aliphatic rings. The maximum absolute atomic E-state index is 12.2. The van der Waals surface area contributed by atoms with E-state index in [1.54, 1.807) is 0 Å². The first-order chi connectivity index (χ1) is 13.9. The second kappa shape index (κ2) is 8.32. The predicted octanol–water partition coefficient (Wildman–Crippen LogP) is -1.36. The van der Waals surface area contributed by atoms with Crippen LogP contribution in [-0.4, -0.2) is 59.4 Å². The quantitative estimate of drug-likeness (QED) is 0.257. The zero-order valence-electron chi connectivity index (χ0n) is 14.7. The first-order valence-electron chi connectivity index (χ1n) is 8.03. The van der Waals surface area contributed by atoms with Crippen molar-refractivity contribution in [2.75, 3.05) is 6.61 Å². The molecule has 1 saturated heterocycles. The third-order valence-electron chi connectivity index (χ3n) is 3.98. The van der Waals surface area contributed by atoms with Gasteiger partial charge in [0.25, 0.3) is 5.56 Å². The van der Waals surface area contributed by atoms with Crippen LogP contribution in [0.1, 0.15) is 6.23 Å². The van der Waals surface area contributed by atoms with E-state index in [-0.39, 0.29) is 11.3 Å². The van der Waals surface area contributed by atoms with E-state index in [1.807, 2.05) is 4.98 Å². The summed E-state index contributed by atoms with van der Waals surface area (Å²) in [6.45, 7) is -0.939. The average molecular weight is 470 g/mol. The summed E-state index contributed by atoms with van der Waals surface area (Å²) in [5.41, 5.74) is -1.86. The molecule has 166 valence electrons. The second-order valence-electron chi connectivity index (χ2n) is 6.07.